The van der Waals surface area contributed by atoms with Gasteiger partial charge in [0.05, 0.1) is 29.8 Å². The summed E-state index contributed by atoms with van der Waals surface area (Å²) in [5.74, 6) is 3.89. The van der Waals surface area contributed by atoms with E-state index in [0.717, 1.165) is 45.9 Å². The largest absolute Gasteiger partial charge is 0.493 e. The third-order valence-corrected chi connectivity index (χ3v) is 5.73. The molecule has 6 rings (SSSR count). The monoisotopic (exact) mass is 413 g/mol. The summed E-state index contributed by atoms with van der Waals surface area (Å²) in [6.07, 6.45) is 7.01. The van der Waals surface area contributed by atoms with Gasteiger partial charge in [-0.1, -0.05) is 0 Å². The number of hydrogen-bond donors (Lipinski definition) is 2. The molecule has 3 aromatic heterocycles. The number of H-pyrrole nitrogens is 1. The van der Waals surface area contributed by atoms with Crippen molar-refractivity contribution < 1.29 is 14.3 Å². The van der Waals surface area contributed by atoms with Gasteiger partial charge in [0.25, 0.3) is 0 Å². The average molecular weight is 413 g/mol. The van der Waals surface area contributed by atoms with Gasteiger partial charge in [-0.3, -0.25) is 9.78 Å². The van der Waals surface area contributed by atoms with E-state index in [1.54, 1.807) is 18.6 Å². The number of pyridine rings is 2. The van der Waals surface area contributed by atoms with Gasteiger partial charge < -0.3 is 19.8 Å². The summed E-state index contributed by atoms with van der Waals surface area (Å²) in [5.41, 5.74) is 3.82. The predicted molar refractivity (Wildman–Crippen MR) is 114 cm³/mol. The Labute approximate surface area is 177 Å². The van der Waals surface area contributed by atoms with Crippen molar-refractivity contribution in [1.29, 1.82) is 0 Å². The number of imidazole rings is 1. The molecule has 1 unspecified atom stereocenters. The van der Waals surface area contributed by atoms with Gasteiger partial charge in [0, 0.05) is 24.4 Å². The van der Waals surface area contributed by atoms with Gasteiger partial charge in [-0.25, -0.2) is 9.97 Å². The lowest BCUT2D eigenvalue weighted by molar-refractivity contribution is -0.116. The highest BCUT2D eigenvalue weighted by molar-refractivity contribution is 5.93. The Morgan fingerprint density at radius 3 is 3.03 bits per heavy atom. The SMILES string of the molecule is O=C1CCc2c(Oc3ccc4c(c3)CC(c3nc5ccncc5[nH]3)CO4)ccnc2N1. The third kappa shape index (κ3) is 3.26. The highest BCUT2D eigenvalue weighted by Crippen LogP contribution is 2.37. The standard InChI is InChI=1S/C23H19N5O3/c29-21-4-2-16-20(6-8-25-23(16)28-21)31-15-1-3-19-13(10-15)9-14(12-30-19)22-26-17-5-7-24-11-18(17)27-22/h1,3,5-8,10-11,14H,2,4,9,12H2,(H,26,27)(H,25,28,29). The van der Waals surface area contributed by atoms with Crippen molar-refractivity contribution in [3.63, 3.8) is 0 Å². The van der Waals surface area contributed by atoms with E-state index in [-0.39, 0.29) is 11.8 Å². The fourth-order valence-electron chi connectivity index (χ4n) is 4.16. The number of carbonyl (C=O) groups is 1. The number of fused-ring (bicyclic) bond motifs is 3. The Hall–Kier alpha value is -3.94. The minimum atomic E-state index is -0.0181. The molecule has 8 nitrogen and oxygen atoms in total. The van der Waals surface area contributed by atoms with Crippen LogP contribution in [0.5, 0.6) is 17.2 Å². The lowest BCUT2D eigenvalue weighted by Gasteiger charge is -2.25. The minimum absolute atomic E-state index is 0.0181. The summed E-state index contributed by atoms with van der Waals surface area (Å²) in [5, 5.41) is 2.81. The molecule has 1 amide bonds. The Morgan fingerprint density at radius 1 is 1.13 bits per heavy atom. The van der Waals surface area contributed by atoms with Gasteiger partial charge in [0.2, 0.25) is 5.91 Å². The number of aromatic nitrogens is 4. The summed E-state index contributed by atoms with van der Waals surface area (Å²) in [6.45, 7) is 0.567. The van der Waals surface area contributed by atoms with Crippen LogP contribution in [0.1, 0.15) is 29.3 Å². The zero-order chi connectivity index (χ0) is 20.8. The number of ether oxygens (including phenoxy) is 2. The summed E-state index contributed by atoms with van der Waals surface area (Å²) in [4.78, 5) is 28.1. The molecule has 0 fully saturated rings. The van der Waals surface area contributed by atoms with Crippen LogP contribution < -0.4 is 14.8 Å². The van der Waals surface area contributed by atoms with Crippen LogP contribution >= 0.6 is 0 Å². The van der Waals surface area contributed by atoms with Crippen molar-refractivity contribution in [3.05, 3.63) is 65.9 Å². The second-order valence-electron chi connectivity index (χ2n) is 7.78. The second-order valence-corrected chi connectivity index (χ2v) is 7.78. The molecule has 5 heterocycles. The maximum absolute atomic E-state index is 11.6. The van der Waals surface area contributed by atoms with Crippen molar-refractivity contribution in [2.45, 2.75) is 25.2 Å². The van der Waals surface area contributed by atoms with E-state index in [0.29, 0.717) is 31.0 Å². The number of hydrogen-bond acceptors (Lipinski definition) is 6. The molecule has 0 spiro atoms. The molecule has 1 aromatic carbocycles. The fraction of sp³-hybridized carbons (Fsp3) is 0.217. The molecule has 0 bridgehead atoms. The fourth-order valence-corrected chi connectivity index (χ4v) is 4.16. The average Bonchev–Trinajstić information content (AvgIpc) is 3.23. The first-order valence-electron chi connectivity index (χ1n) is 10.2. The molecule has 0 saturated carbocycles. The Bertz CT molecular complexity index is 1280. The first-order chi connectivity index (χ1) is 15.2. The second kappa shape index (κ2) is 7.09. The Kier molecular flexibility index (Phi) is 4.09. The smallest absolute Gasteiger partial charge is 0.225 e. The molecular formula is C23H19N5O3. The number of aromatic amines is 1. The molecule has 0 radical (unpaired) electrons. The van der Waals surface area contributed by atoms with E-state index >= 15 is 0 Å². The summed E-state index contributed by atoms with van der Waals surface area (Å²) in [7, 11) is 0. The van der Waals surface area contributed by atoms with Crippen molar-refractivity contribution in [2.24, 2.45) is 0 Å². The van der Waals surface area contributed by atoms with Gasteiger partial charge in [-0.15, -0.1) is 0 Å². The maximum Gasteiger partial charge on any atom is 0.225 e. The molecule has 8 heteroatoms. The lowest BCUT2D eigenvalue weighted by Crippen LogP contribution is -2.20. The van der Waals surface area contributed by atoms with Crippen molar-refractivity contribution in [1.82, 2.24) is 19.9 Å². The van der Waals surface area contributed by atoms with Crippen molar-refractivity contribution in [2.75, 3.05) is 11.9 Å². The quantitative estimate of drug-likeness (QED) is 0.530. The van der Waals surface area contributed by atoms with E-state index < -0.39 is 0 Å². The molecule has 0 aliphatic carbocycles. The van der Waals surface area contributed by atoms with Gasteiger partial charge in [0.15, 0.2) is 0 Å². The highest BCUT2D eigenvalue weighted by atomic mass is 16.5. The minimum Gasteiger partial charge on any atom is -0.493 e. The molecular weight excluding hydrogens is 394 g/mol. The van der Waals surface area contributed by atoms with Gasteiger partial charge in [-0.2, -0.15) is 0 Å². The van der Waals surface area contributed by atoms with Crippen LogP contribution in [0.2, 0.25) is 0 Å². The van der Waals surface area contributed by atoms with Crippen LogP contribution in [-0.2, 0) is 17.6 Å². The van der Waals surface area contributed by atoms with Crippen LogP contribution in [0.25, 0.3) is 11.0 Å². The van der Waals surface area contributed by atoms with Crippen LogP contribution in [0.4, 0.5) is 5.82 Å². The van der Waals surface area contributed by atoms with Gasteiger partial charge in [0.1, 0.15) is 28.9 Å². The maximum atomic E-state index is 11.6. The zero-order valence-corrected chi connectivity index (χ0v) is 16.6. The van der Waals surface area contributed by atoms with Crippen molar-refractivity contribution >= 4 is 22.8 Å². The molecule has 0 saturated heterocycles. The van der Waals surface area contributed by atoms with Gasteiger partial charge >= 0.3 is 0 Å². The molecule has 2 aliphatic heterocycles. The van der Waals surface area contributed by atoms with Crippen LogP contribution in [0, 0.1) is 0 Å². The topological polar surface area (TPSA) is 102 Å². The first-order valence-corrected chi connectivity index (χ1v) is 10.2. The molecule has 2 N–H and O–H groups in total. The van der Waals surface area contributed by atoms with Crippen LogP contribution in [0.3, 0.4) is 0 Å². The molecule has 2 aliphatic rings. The van der Waals surface area contributed by atoms with Gasteiger partial charge in [-0.05, 0) is 48.7 Å². The number of anilines is 1. The Morgan fingerprint density at radius 2 is 2.10 bits per heavy atom. The van der Waals surface area contributed by atoms with Crippen LogP contribution in [-0.4, -0.2) is 32.4 Å². The normalized spacial score (nSPS) is 17.4. The van der Waals surface area contributed by atoms with E-state index in [1.165, 1.54) is 0 Å². The van der Waals surface area contributed by atoms with Crippen molar-refractivity contribution in [3.8, 4) is 17.2 Å². The van der Waals surface area contributed by atoms with E-state index in [4.69, 9.17) is 14.5 Å². The van der Waals surface area contributed by atoms with Crippen LogP contribution in [0.15, 0.2) is 48.9 Å². The third-order valence-electron chi connectivity index (χ3n) is 5.73. The molecule has 4 aromatic rings. The van der Waals surface area contributed by atoms with E-state index in [9.17, 15) is 4.79 Å². The number of benzene rings is 1. The highest BCUT2D eigenvalue weighted by Gasteiger charge is 2.25. The number of nitrogens with one attached hydrogen (secondary N) is 2. The predicted octanol–water partition coefficient (Wildman–Crippen LogP) is 3.75. The number of carbonyl (C=O) groups excluding carboxylic acids is 1. The summed E-state index contributed by atoms with van der Waals surface area (Å²) in [6, 6.07) is 9.59. The summed E-state index contributed by atoms with van der Waals surface area (Å²) < 4.78 is 12.2. The Balaban J connectivity index is 1.27. The molecule has 154 valence electrons. The molecule has 1 atom stereocenters. The zero-order valence-electron chi connectivity index (χ0n) is 16.6. The number of rotatable bonds is 3. The molecule has 31 heavy (non-hydrogen) atoms. The summed E-state index contributed by atoms with van der Waals surface area (Å²) >= 11 is 0. The first kappa shape index (κ1) is 17.9. The van der Waals surface area contributed by atoms with E-state index in [2.05, 4.69) is 20.3 Å². The number of nitrogens with zero attached hydrogens (tertiary/aromatic N) is 3. The lowest BCUT2D eigenvalue weighted by atomic mass is 9.96. The number of amides is 1. The van der Waals surface area contributed by atoms with E-state index in [1.807, 2.05) is 30.3 Å².